The van der Waals surface area contributed by atoms with Gasteiger partial charge < -0.3 is 15.8 Å². The van der Waals surface area contributed by atoms with Crippen molar-refractivity contribution in [3.05, 3.63) is 41.6 Å². The lowest BCUT2D eigenvalue weighted by atomic mass is 10.1. The van der Waals surface area contributed by atoms with Gasteiger partial charge in [0.25, 0.3) is 0 Å². The number of hydrogen-bond donors (Lipinski definition) is 2. The topological polar surface area (TPSA) is 73.1 Å². The molecule has 0 saturated heterocycles. The van der Waals surface area contributed by atoms with Gasteiger partial charge in [0.05, 0.1) is 6.10 Å². The van der Waals surface area contributed by atoms with E-state index in [2.05, 4.69) is 15.3 Å². The minimum atomic E-state index is -0.0649. The lowest BCUT2D eigenvalue weighted by Gasteiger charge is -2.15. The number of benzene rings is 1. The third-order valence-corrected chi connectivity index (χ3v) is 2.88. The van der Waals surface area contributed by atoms with E-state index in [0.29, 0.717) is 11.8 Å². The Hall–Kier alpha value is -2.14. The van der Waals surface area contributed by atoms with Crippen molar-refractivity contribution in [2.45, 2.75) is 39.8 Å². The lowest BCUT2D eigenvalue weighted by molar-refractivity contribution is 0.232. The van der Waals surface area contributed by atoms with E-state index in [-0.39, 0.29) is 12.1 Å². The molecule has 0 spiro atoms. The summed E-state index contributed by atoms with van der Waals surface area (Å²) < 4.78 is 5.64. The van der Waals surface area contributed by atoms with Crippen molar-refractivity contribution in [1.82, 2.24) is 9.97 Å². The molecule has 0 aliphatic carbocycles. The molecule has 0 bridgehead atoms. The monoisotopic (exact) mass is 286 g/mol. The van der Waals surface area contributed by atoms with Gasteiger partial charge in [-0.05, 0) is 39.3 Å². The maximum atomic E-state index is 5.99. The second-order valence-electron chi connectivity index (χ2n) is 5.34. The quantitative estimate of drug-likeness (QED) is 0.882. The van der Waals surface area contributed by atoms with Crippen LogP contribution in [-0.4, -0.2) is 16.1 Å². The molecule has 1 atom stereocenters. The first kappa shape index (κ1) is 15.3. The minimum absolute atomic E-state index is 0.0649. The molecule has 2 rings (SSSR count). The highest BCUT2D eigenvalue weighted by atomic mass is 16.5. The Labute approximate surface area is 125 Å². The highest BCUT2D eigenvalue weighted by molar-refractivity contribution is 5.59. The first-order valence-electron chi connectivity index (χ1n) is 7.09. The number of aryl methyl sites for hydroxylation is 1. The number of para-hydroxylation sites is 1. The van der Waals surface area contributed by atoms with Crippen molar-refractivity contribution < 1.29 is 4.74 Å². The molecular weight excluding hydrogens is 264 g/mol. The van der Waals surface area contributed by atoms with Crippen LogP contribution in [0.1, 0.15) is 38.1 Å². The fourth-order valence-electron chi connectivity index (χ4n) is 2.03. The van der Waals surface area contributed by atoms with E-state index in [1.807, 2.05) is 58.0 Å². The Morgan fingerprint density at radius 2 is 1.86 bits per heavy atom. The van der Waals surface area contributed by atoms with Crippen LogP contribution in [0.15, 0.2) is 30.3 Å². The van der Waals surface area contributed by atoms with Crippen molar-refractivity contribution >= 4 is 11.6 Å². The summed E-state index contributed by atoms with van der Waals surface area (Å²) in [5, 5.41) is 3.23. The minimum Gasteiger partial charge on any atom is -0.475 e. The van der Waals surface area contributed by atoms with Crippen molar-refractivity contribution in [3.63, 3.8) is 0 Å². The molecular formula is C16H22N4O. The molecule has 21 heavy (non-hydrogen) atoms. The van der Waals surface area contributed by atoms with Crippen molar-refractivity contribution in [2.24, 2.45) is 5.73 Å². The van der Waals surface area contributed by atoms with Crippen molar-refractivity contribution in [3.8, 4) is 5.88 Å². The molecule has 0 radical (unpaired) electrons. The van der Waals surface area contributed by atoms with Crippen molar-refractivity contribution in [1.29, 1.82) is 0 Å². The lowest BCUT2D eigenvalue weighted by Crippen LogP contribution is -2.11. The Bertz CT molecular complexity index is 611. The van der Waals surface area contributed by atoms with Crippen LogP contribution in [0.2, 0.25) is 0 Å². The number of anilines is 2. The number of ether oxygens (including phenoxy) is 1. The molecule has 1 aromatic carbocycles. The van der Waals surface area contributed by atoms with Crippen LogP contribution in [0.25, 0.3) is 0 Å². The van der Waals surface area contributed by atoms with E-state index in [1.165, 1.54) is 0 Å². The molecule has 5 heteroatoms. The number of nitrogens with zero attached hydrogens (tertiary/aromatic N) is 2. The third kappa shape index (κ3) is 4.16. The van der Waals surface area contributed by atoms with E-state index < -0.39 is 0 Å². The summed E-state index contributed by atoms with van der Waals surface area (Å²) in [5.41, 5.74) is 8.77. The van der Waals surface area contributed by atoms with E-state index in [0.717, 1.165) is 16.9 Å². The third-order valence-electron chi connectivity index (χ3n) is 2.88. The maximum absolute atomic E-state index is 5.99. The van der Waals surface area contributed by atoms with Gasteiger partial charge in [-0.1, -0.05) is 18.2 Å². The molecule has 0 aliphatic rings. The van der Waals surface area contributed by atoms with Gasteiger partial charge in [0, 0.05) is 23.5 Å². The summed E-state index contributed by atoms with van der Waals surface area (Å²) in [6.45, 7) is 7.80. The summed E-state index contributed by atoms with van der Waals surface area (Å²) in [7, 11) is 0. The van der Waals surface area contributed by atoms with E-state index in [9.17, 15) is 0 Å². The van der Waals surface area contributed by atoms with Gasteiger partial charge in [-0.25, -0.2) is 4.98 Å². The maximum Gasteiger partial charge on any atom is 0.230 e. The van der Waals surface area contributed by atoms with Gasteiger partial charge in [-0.2, -0.15) is 4.98 Å². The predicted molar refractivity (Wildman–Crippen MR) is 84.9 cm³/mol. The Morgan fingerprint density at radius 3 is 2.52 bits per heavy atom. The molecule has 1 heterocycles. The van der Waals surface area contributed by atoms with Gasteiger partial charge in [0.15, 0.2) is 0 Å². The number of hydrogen-bond acceptors (Lipinski definition) is 5. The molecule has 0 fully saturated rings. The van der Waals surface area contributed by atoms with Crippen LogP contribution in [0.4, 0.5) is 11.6 Å². The van der Waals surface area contributed by atoms with E-state index in [1.54, 1.807) is 0 Å². The van der Waals surface area contributed by atoms with Crippen LogP contribution >= 0.6 is 0 Å². The standard InChI is InChI=1S/C16H22N4O/c1-10(2)21-15-9-11(3)18-16(20-15)19-14-8-6-5-7-13(14)12(4)17/h5-10,12H,17H2,1-4H3,(H,18,19,20). The average Bonchev–Trinajstić information content (AvgIpc) is 2.37. The molecule has 2 aromatic rings. The van der Waals surface area contributed by atoms with Crippen LogP contribution in [-0.2, 0) is 0 Å². The molecule has 0 saturated carbocycles. The summed E-state index contributed by atoms with van der Waals surface area (Å²) in [6, 6.07) is 9.64. The summed E-state index contributed by atoms with van der Waals surface area (Å²) in [4.78, 5) is 8.78. The van der Waals surface area contributed by atoms with Gasteiger partial charge in [-0.3, -0.25) is 0 Å². The van der Waals surface area contributed by atoms with Gasteiger partial charge in [-0.15, -0.1) is 0 Å². The molecule has 1 aromatic heterocycles. The Balaban J connectivity index is 2.29. The molecule has 5 nitrogen and oxygen atoms in total. The van der Waals surface area contributed by atoms with Crippen LogP contribution in [0, 0.1) is 6.92 Å². The molecule has 1 unspecified atom stereocenters. The predicted octanol–water partition coefficient (Wildman–Crippen LogP) is 3.34. The van der Waals surface area contributed by atoms with Gasteiger partial charge >= 0.3 is 0 Å². The zero-order valence-electron chi connectivity index (χ0n) is 12.9. The second-order valence-corrected chi connectivity index (χ2v) is 5.34. The first-order chi connectivity index (χ1) is 9.95. The smallest absolute Gasteiger partial charge is 0.230 e. The fraction of sp³-hybridized carbons (Fsp3) is 0.375. The van der Waals surface area contributed by atoms with Crippen LogP contribution < -0.4 is 15.8 Å². The molecule has 0 amide bonds. The summed E-state index contributed by atoms with van der Waals surface area (Å²) >= 11 is 0. The molecule has 112 valence electrons. The number of nitrogens with one attached hydrogen (secondary N) is 1. The number of nitrogens with two attached hydrogens (primary N) is 1. The van der Waals surface area contributed by atoms with Crippen LogP contribution in [0.5, 0.6) is 5.88 Å². The first-order valence-corrected chi connectivity index (χ1v) is 7.09. The number of rotatable bonds is 5. The SMILES string of the molecule is Cc1cc(OC(C)C)nc(Nc2ccccc2C(C)N)n1. The summed E-state index contributed by atoms with van der Waals surface area (Å²) in [5.74, 6) is 1.08. The van der Waals surface area contributed by atoms with Crippen molar-refractivity contribution in [2.75, 3.05) is 5.32 Å². The zero-order valence-corrected chi connectivity index (χ0v) is 12.9. The van der Waals surface area contributed by atoms with E-state index >= 15 is 0 Å². The largest absolute Gasteiger partial charge is 0.475 e. The molecule has 0 aliphatic heterocycles. The van der Waals surface area contributed by atoms with E-state index in [4.69, 9.17) is 10.5 Å². The average molecular weight is 286 g/mol. The highest BCUT2D eigenvalue weighted by Crippen LogP contribution is 2.24. The number of aromatic nitrogens is 2. The Morgan fingerprint density at radius 1 is 1.14 bits per heavy atom. The fourth-order valence-corrected chi connectivity index (χ4v) is 2.03. The summed E-state index contributed by atoms with van der Waals surface area (Å²) in [6.07, 6.45) is 0.0727. The molecule has 3 N–H and O–H groups in total. The van der Waals surface area contributed by atoms with Crippen LogP contribution in [0.3, 0.4) is 0 Å². The normalized spacial score (nSPS) is 12.3. The second kappa shape index (κ2) is 6.54. The zero-order chi connectivity index (χ0) is 15.4. The highest BCUT2D eigenvalue weighted by Gasteiger charge is 2.09. The van der Waals surface area contributed by atoms with Gasteiger partial charge in [0.2, 0.25) is 11.8 Å². The Kier molecular flexibility index (Phi) is 4.75. The van der Waals surface area contributed by atoms with Gasteiger partial charge in [0.1, 0.15) is 0 Å².